The zero-order chi connectivity index (χ0) is 21.2. The normalized spacial score (nSPS) is 19.3. The van der Waals surface area contributed by atoms with Crippen molar-refractivity contribution in [1.29, 1.82) is 5.26 Å². The number of halogens is 1. The molecule has 3 aromatic heterocycles. The number of aromatic nitrogens is 5. The summed E-state index contributed by atoms with van der Waals surface area (Å²) >= 11 is 6.28. The monoisotopic (exact) mass is 422 g/mol. The van der Waals surface area contributed by atoms with Gasteiger partial charge in [-0.1, -0.05) is 30.6 Å². The van der Waals surface area contributed by atoms with Gasteiger partial charge in [-0.05, 0) is 37.8 Å². The molecule has 0 N–H and O–H groups in total. The minimum atomic E-state index is -0.269. The molecule has 4 aromatic rings. The quantitative estimate of drug-likeness (QED) is 0.485. The van der Waals surface area contributed by atoms with Gasteiger partial charge in [0.1, 0.15) is 23.6 Å². The molecule has 0 bridgehead atoms. The second-order valence-corrected chi connectivity index (χ2v) is 8.33. The van der Waals surface area contributed by atoms with E-state index in [4.69, 9.17) is 16.1 Å². The van der Waals surface area contributed by atoms with Gasteiger partial charge in [0.15, 0.2) is 0 Å². The van der Waals surface area contributed by atoms with E-state index in [-0.39, 0.29) is 23.1 Å². The summed E-state index contributed by atoms with van der Waals surface area (Å²) in [6, 6.07) is 5.46. The molecule has 1 fully saturated rings. The summed E-state index contributed by atoms with van der Waals surface area (Å²) in [6.07, 6.45) is 3.28. The first-order valence-corrected chi connectivity index (χ1v) is 10.3. The average Bonchev–Trinajstić information content (AvgIpc) is 3.12. The Hall–Kier alpha value is -3.18. The van der Waals surface area contributed by atoms with Crippen LogP contribution in [0.15, 0.2) is 27.8 Å². The highest BCUT2D eigenvalue weighted by molar-refractivity contribution is 6.32. The van der Waals surface area contributed by atoms with Crippen molar-refractivity contribution in [2.75, 3.05) is 0 Å². The van der Waals surface area contributed by atoms with Crippen molar-refractivity contribution >= 4 is 28.2 Å². The van der Waals surface area contributed by atoms with E-state index in [9.17, 15) is 10.1 Å². The third-order valence-corrected chi connectivity index (χ3v) is 6.33. The molecule has 0 amide bonds. The lowest BCUT2D eigenvalue weighted by atomic mass is 10.1. The Morgan fingerprint density at radius 1 is 1.40 bits per heavy atom. The molecule has 0 aliphatic heterocycles. The Labute approximate surface area is 176 Å². The van der Waals surface area contributed by atoms with E-state index in [1.807, 2.05) is 13.8 Å². The Morgan fingerprint density at radius 3 is 2.83 bits per heavy atom. The fourth-order valence-corrected chi connectivity index (χ4v) is 4.16. The highest BCUT2D eigenvalue weighted by Crippen LogP contribution is 2.46. The second-order valence-electron chi connectivity index (χ2n) is 7.92. The summed E-state index contributed by atoms with van der Waals surface area (Å²) in [5, 5.41) is 14.1. The molecule has 8 nitrogen and oxygen atoms in total. The second kappa shape index (κ2) is 6.67. The first kappa shape index (κ1) is 18.8. The van der Waals surface area contributed by atoms with Crippen LogP contribution in [0.25, 0.3) is 28.1 Å². The lowest BCUT2D eigenvalue weighted by Gasteiger charge is -2.19. The minimum absolute atomic E-state index is 0.147. The van der Waals surface area contributed by atoms with E-state index in [1.54, 1.807) is 27.4 Å². The Bertz CT molecular complexity index is 1410. The minimum Gasteiger partial charge on any atom is -0.339 e. The van der Waals surface area contributed by atoms with Gasteiger partial charge in [-0.2, -0.15) is 10.2 Å². The summed E-state index contributed by atoms with van der Waals surface area (Å²) in [5.74, 6) is 1.68. The SMILES string of the molecule is CCC(C)n1c(=O)c2c(-c3noc(C4CC4C)n3)ncn2c2ccc(Cl)c(C#N)c21. The largest absolute Gasteiger partial charge is 0.339 e. The van der Waals surface area contributed by atoms with Crippen molar-refractivity contribution in [2.45, 2.75) is 45.6 Å². The maximum Gasteiger partial charge on any atom is 0.278 e. The first-order chi connectivity index (χ1) is 14.5. The lowest BCUT2D eigenvalue weighted by molar-refractivity contribution is 0.376. The standard InChI is InChI=1S/C21H19ClN6O2/c1-4-11(3)28-17-13(8-23)14(22)5-6-15(17)27-9-24-16(18(27)21(28)29)19-25-20(30-26-19)12-7-10(12)2/h5-6,9-12H,4,7H2,1-3H3. The molecule has 1 aliphatic carbocycles. The van der Waals surface area contributed by atoms with E-state index in [0.29, 0.717) is 51.3 Å². The highest BCUT2D eigenvalue weighted by Gasteiger charge is 2.39. The Balaban J connectivity index is 1.85. The van der Waals surface area contributed by atoms with Crippen LogP contribution in [-0.2, 0) is 0 Å². The smallest absolute Gasteiger partial charge is 0.278 e. The molecule has 152 valence electrons. The van der Waals surface area contributed by atoms with E-state index in [1.165, 1.54) is 0 Å². The van der Waals surface area contributed by atoms with E-state index >= 15 is 0 Å². The third-order valence-electron chi connectivity index (χ3n) is 6.02. The molecule has 0 radical (unpaired) electrons. The molecule has 3 unspecified atom stereocenters. The van der Waals surface area contributed by atoms with Crippen molar-refractivity contribution in [3.63, 3.8) is 0 Å². The molecule has 1 aliphatic rings. The van der Waals surface area contributed by atoms with Crippen LogP contribution < -0.4 is 5.56 Å². The fourth-order valence-electron chi connectivity index (χ4n) is 3.97. The number of rotatable bonds is 4. The van der Waals surface area contributed by atoms with Crippen LogP contribution in [0.5, 0.6) is 0 Å². The molecule has 0 spiro atoms. The van der Waals surface area contributed by atoms with Crippen LogP contribution in [0.1, 0.15) is 57.0 Å². The summed E-state index contributed by atoms with van der Waals surface area (Å²) in [5.41, 5.74) is 1.90. The number of benzene rings is 1. The number of hydrogen-bond acceptors (Lipinski definition) is 6. The zero-order valence-corrected chi connectivity index (χ0v) is 17.5. The van der Waals surface area contributed by atoms with Gasteiger partial charge in [0.05, 0.1) is 21.6 Å². The molecule has 9 heteroatoms. The Kier molecular flexibility index (Phi) is 4.19. The van der Waals surface area contributed by atoms with Gasteiger partial charge in [-0.3, -0.25) is 9.20 Å². The van der Waals surface area contributed by atoms with Gasteiger partial charge in [0.2, 0.25) is 11.7 Å². The molecule has 3 atom stereocenters. The number of nitrogens with zero attached hydrogens (tertiary/aromatic N) is 6. The predicted octanol–water partition coefficient (Wildman–Crippen LogP) is 4.32. The first-order valence-electron chi connectivity index (χ1n) is 9.94. The fraction of sp³-hybridized carbons (Fsp3) is 0.381. The average molecular weight is 423 g/mol. The number of fused-ring (bicyclic) bond motifs is 3. The van der Waals surface area contributed by atoms with Crippen LogP contribution >= 0.6 is 11.6 Å². The van der Waals surface area contributed by atoms with Crippen LogP contribution in [-0.4, -0.2) is 24.1 Å². The van der Waals surface area contributed by atoms with Gasteiger partial charge in [0.25, 0.3) is 5.56 Å². The van der Waals surface area contributed by atoms with Crippen molar-refractivity contribution < 1.29 is 4.52 Å². The molecule has 5 rings (SSSR count). The van der Waals surface area contributed by atoms with Crippen LogP contribution in [0.2, 0.25) is 5.02 Å². The summed E-state index contributed by atoms with van der Waals surface area (Å²) in [4.78, 5) is 22.6. The van der Waals surface area contributed by atoms with Crippen molar-refractivity contribution in [2.24, 2.45) is 5.92 Å². The van der Waals surface area contributed by atoms with Crippen LogP contribution in [0.3, 0.4) is 0 Å². The maximum atomic E-state index is 13.6. The zero-order valence-electron chi connectivity index (χ0n) is 16.8. The van der Waals surface area contributed by atoms with E-state index in [2.05, 4.69) is 28.1 Å². The van der Waals surface area contributed by atoms with E-state index < -0.39 is 0 Å². The molecule has 3 heterocycles. The molecule has 30 heavy (non-hydrogen) atoms. The number of hydrogen-bond donors (Lipinski definition) is 0. The topological polar surface area (TPSA) is 102 Å². The van der Waals surface area contributed by atoms with Crippen molar-refractivity contribution in [3.8, 4) is 17.6 Å². The van der Waals surface area contributed by atoms with Crippen molar-refractivity contribution in [3.05, 3.63) is 45.3 Å². The summed E-state index contributed by atoms with van der Waals surface area (Å²) in [7, 11) is 0. The number of imidazole rings is 1. The van der Waals surface area contributed by atoms with Gasteiger partial charge in [0, 0.05) is 12.0 Å². The summed E-state index contributed by atoms with van der Waals surface area (Å²) in [6.45, 7) is 6.06. The molecule has 0 saturated heterocycles. The van der Waals surface area contributed by atoms with Gasteiger partial charge in [-0.15, -0.1) is 0 Å². The Morgan fingerprint density at radius 2 is 2.17 bits per heavy atom. The molecular weight excluding hydrogens is 404 g/mol. The summed E-state index contributed by atoms with van der Waals surface area (Å²) < 4.78 is 8.74. The van der Waals surface area contributed by atoms with Crippen LogP contribution in [0.4, 0.5) is 0 Å². The van der Waals surface area contributed by atoms with E-state index in [0.717, 1.165) is 6.42 Å². The molecular formula is C21H19ClN6O2. The van der Waals surface area contributed by atoms with Crippen LogP contribution in [0, 0.1) is 17.2 Å². The predicted molar refractivity (Wildman–Crippen MR) is 111 cm³/mol. The molecule has 1 aromatic carbocycles. The maximum absolute atomic E-state index is 13.6. The van der Waals surface area contributed by atoms with Gasteiger partial charge >= 0.3 is 0 Å². The highest BCUT2D eigenvalue weighted by atomic mass is 35.5. The van der Waals surface area contributed by atoms with Crippen molar-refractivity contribution in [1.82, 2.24) is 24.1 Å². The van der Waals surface area contributed by atoms with Gasteiger partial charge in [-0.25, -0.2) is 4.98 Å². The van der Waals surface area contributed by atoms with Gasteiger partial charge < -0.3 is 9.09 Å². The lowest BCUT2D eigenvalue weighted by Crippen LogP contribution is -2.26. The third kappa shape index (κ3) is 2.58. The number of nitriles is 1. The molecule has 1 saturated carbocycles.